The number of hydrogen-bond acceptors (Lipinski definition) is 3. The average molecular weight is 294 g/mol. The van der Waals surface area contributed by atoms with E-state index >= 15 is 0 Å². The topological polar surface area (TPSA) is 39.1 Å². The van der Waals surface area contributed by atoms with Gasteiger partial charge < -0.3 is 10.1 Å². The van der Waals surface area contributed by atoms with E-state index in [-0.39, 0.29) is 6.04 Å². The first kappa shape index (κ1) is 14.9. The maximum absolute atomic E-state index is 5.87. The molecule has 0 saturated carbocycles. The first-order valence-corrected chi connectivity index (χ1v) is 7.18. The third-order valence-corrected chi connectivity index (χ3v) is 3.34. The van der Waals surface area contributed by atoms with Crippen LogP contribution in [-0.4, -0.2) is 22.9 Å². The molecule has 2 aromatic rings. The smallest absolute Gasteiger partial charge is 0.119 e. The van der Waals surface area contributed by atoms with Crippen molar-refractivity contribution in [2.75, 3.05) is 13.2 Å². The van der Waals surface area contributed by atoms with E-state index in [9.17, 15) is 0 Å². The van der Waals surface area contributed by atoms with Gasteiger partial charge in [0.1, 0.15) is 12.4 Å². The first-order chi connectivity index (χ1) is 9.70. The maximum atomic E-state index is 5.87. The molecule has 20 heavy (non-hydrogen) atoms. The SMILES string of the molecule is CCCNC(COc1ccc(Cl)cc1)c1ccnn1C. The molecule has 0 saturated heterocycles. The Morgan fingerprint density at radius 3 is 2.65 bits per heavy atom. The minimum atomic E-state index is 0.123. The lowest BCUT2D eigenvalue weighted by Gasteiger charge is -2.19. The number of ether oxygens (including phenoxy) is 1. The molecule has 0 aliphatic heterocycles. The Hall–Kier alpha value is -1.52. The number of benzene rings is 1. The summed E-state index contributed by atoms with van der Waals surface area (Å²) in [5.41, 5.74) is 1.12. The molecule has 0 amide bonds. The molecule has 1 aromatic heterocycles. The fraction of sp³-hybridized carbons (Fsp3) is 0.400. The number of hydrogen-bond donors (Lipinski definition) is 1. The van der Waals surface area contributed by atoms with Crippen molar-refractivity contribution in [3.8, 4) is 5.75 Å². The van der Waals surface area contributed by atoms with Crippen molar-refractivity contribution in [3.05, 3.63) is 47.2 Å². The minimum absolute atomic E-state index is 0.123. The van der Waals surface area contributed by atoms with Gasteiger partial charge in [-0.25, -0.2) is 0 Å². The van der Waals surface area contributed by atoms with Crippen LogP contribution in [0.25, 0.3) is 0 Å². The number of nitrogens with one attached hydrogen (secondary N) is 1. The predicted molar refractivity (Wildman–Crippen MR) is 81.2 cm³/mol. The summed E-state index contributed by atoms with van der Waals surface area (Å²) in [5.74, 6) is 0.819. The summed E-state index contributed by atoms with van der Waals surface area (Å²) in [6.07, 6.45) is 2.88. The van der Waals surface area contributed by atoms with Crippen LogP contribution in [-0.2, 0) is 7.05 Å². The molecule has 0 fully saturated rings. The molecule has 1 atom stereocenters. The molecule has 2 rings (SSSR count). The molecule has 1 N–H and O–H groups in total. The Kier molecular flexibility index (Phi) is 5.44. The highest BCUT2D eigenvalue weighted by Gasteiger charge is 2.15. The number of rotatable bonds is 7. The van der Waals surface area contributed by atoms with E-state index in [1.807, 2.05) is 42.1 Å². The molecule has 5 heteroatoms. The fourth-order valence-corrected chi connectivity index (χ4v) is 2.13. The van der Waals surface area contributed by atoms with Crippen molar-refractivity contribution in [3.63, 3.8) is 0 Å². The Morgan fingerprint density at radius 1 is 1.30 bits per heavy atom. The van der Waals surface area contributed by atoms with Crippen LogP contribution in [0, 0.1) is 0 Å². The number of aryl methyl sites for hydroxylation is 1. The van der Waals surface area contributed by atoms with Crippen LogP contribution in [0.3, 0.4) is 0 Å². The van der Waals surface area contributed by atoms with Crippen LogP contribution >= 0.6 is 11.6 Å². The van der Waals surface area contributed by atoms with E-state index in [0.29, 0.717) is 11.6 Å². The molecule has 0 aliphatic carbocycles. The third kappa shape index (κ3) is 3.99. The Balaban J connectivity index is 2.01. The molecule has 0 radical (unpaired) electrons. The summed E-state index contributed by atoms with van der Waals surface area (Å²) < 4.78 is 7.71. The standard InChI is InChI=1S/C15H20ClN3O/c1-3-9-17-14(15-8-10-18-19(15)2)11-20-13-6-4-12(16)5-7-13/h4-8,10,14,17H,3,9,11H2,1-2H3. The summed E-state index contributed by atoms with van der Waals surface area (Å²) in [6, 6.07) is 9.55. The molecule has 1 aromatic carbocycles. The molecule has 4 nitrogen and oxygen atoms in total. The highest BCUT2D eigenvalue weighted by Crippen LogP contribution is 2.18. The van der Waals surface area contributed by atoms with Crippen LogP contribution in [0.5, 0.6) is 5.75 Å². The molecule has 1 unspecified atom stereocenters. The molecule has 108 valence electrons. The molecule has 0 aliphatic rings. The monoisotopic (exact) mass is 293 g/mol. The van der Waals surface area contributed by atoms with Crippen LogP contribution in [0.2, 0.25) is 5.02 Å². The van der Waals surface area contributed by atoms with E-state index in [4.69, 9.17) is 16.3 Å². The maximum Gasteiger partial charge on any atom is 0.119 e. The number of aromatic nitrogens is 2. The van der Waals surface area contributed by atoms with Gasteiger partial charge in [0.2, 0.25) is 0 Å². The molecule has 1 heterocycles. The van der Waals surface area contributed by atoms with Crippen molar-refractivity contribution in [1.82, 2.24) is 15.1 Å². The second-order valence-corrected chi connectivity index (χ2v) is 5.09. The zero-order valence-corrected chi connectivity index (χ0v) is 12.6. The predicted octanol–water partition coefficient (Wildman–Crippen LogP) is 3.19. The molecular formula is C15H20ClN3O. The van der Waals surface area contributed by atoms with Gasteiger partial charge in [0.05, 0.1) is 11.7 Å². The highest BCUT2D eigenvalue weighted by atomic mass is 35.5. The summed E-state index contributed by atoms with van der Waals surface area (Å²) in [4.78, 5) is 0. The van der Waals surface area contributed by atoms with Gasteiger partial charge in [-0.05, 0) is 43.3 Å². The number of halogens is 1. The van der Waals surface area contributed by atoms with Crippen LogP contribution in [0.1, 0.15) is 25.1 Å². The Bertz CT molecular complexity index is 524. The van der Waals surface area contributed by atoms with E-state index in [2.05, 4.69) is 17.3 Å². The fourth-order valence-electron chi connectivity index (χ4n) is 2.00. The zero-order chi connectivity index (χ0) is 14.4. The van der Waals surface area contributed by atoms with Gasteiger partial charge in [-0.1, -0.05) is 18.5 Å². The molecule has 0 bridgehead atoms. The van der Waals surface area contributed by atoms with Gasteiger partial charge in [-0.3, -0.25) is 4.68 Å². The van der Waals surface area contributed by atoms with Crippen molar-refractivity contribution in [1.29, 1.82) is 0 Å². The van der Waals surface area contributed by atoms with Gasteiger partial charge in [-0.2, -0.15) is 5.10 Å². The molecule has 0 spiro atoms. The second-order valence-electron chi connectivity index (χ2n) is 4.65. The first-order valence-electron chi connectivity index (χ1n) is 6.80. The third-order valence-electron chi connectivity index (χ3n) is 3.09. The average Bonchev–Trinajstić information content (AvgIpc) is 2.87. The van der Waals surface area contributed by atoms with E-state index in [1.54, 1.807) is 6.20 Å². The normalized spacial score (nSPS) is 12.3. The molecular weight excluding hydrogens is 274 g/mol. The van der Waals surface area contributed by atoms with Crippen LogP contribution < -0.4 is 10.1 Å². The van der Waals surface area contributed by atoms with E-state index in [0.717, 1.165) is 24.4 Å². The lowest BCUT2D eigenvalue weighted by atomic mass is 10.2. The summed E-state index contributed by atoms with van der Waals surface area (Å²) >= 11 is 5.87. The van der Waals surface area contributed by atoms with Crippen molar-refractivity contribution in [2.24, 2.45) is 7.05 Å². The zero-order valence-electron chi connectivity index (χ0n) is 11.8. The van der Waals surface area contributed by atoms with Crippen molar-refractivity contribution < 1.29 is 4.74 Å². The lowest BCUT2D eigenvalue weighted by molar-refractivity contribution is 0.260. The highest BCUT2D eigenvalue weighted by molar-refractivity contribution is 6.30. The summed E-state index contributed by atoms with van der Waals surface area (Å²) in [7, 11) is 1.94. The second kappa shape index (κ2) is 7.31. The van der Waals surface area contributed by atoms with Gasteiger partial charge in [-0.15, -0.1) is 0 Å². The van der Waals surface area contributed by atoms with Gasteiger partial charge in [0, 0.05) is 18.3 Å². The summed E-state index contributed by atoms with van der Waals surface area (Å²) in [5, 5.41) is 8.41. The largest absolute Gasteiger partial charge is 0.492 e. The van der Waals surface area contributed by atoms with Crippen molar-refractivity contribution in [2.45, 2.75) is 19.4 Å². The van der Waals surface area contributed by atoms with Gasteiger partial charge in [0.15, 0.2) is 0 Å². The minimum Gasteiger partial charge on any atom is -0.492 e. The van der Waals surface area contributed by atoms with E-state index < -0.39 is 0 Å². The lowest BCUT2D eigenvalue weighted by Crippen LogP contribution is -2.29. The van der Waals surface area contributed by atoms with E-state index in [1.165, 1.54) is 0 Å². The number of nitrogens with zero attached hydrogens (tertiary/aromatic N) is 2. The summed E-state index contributed by atoms with van der Waals surface area (Å²) in [6.45, 7) is 3.65. The van der Waals surface area contributed by atoms with Crippen LogP contribution in [0.15, 0.2) is 36.5 Å². The Labute approximate surface area is 124 Å². The van der Waals surface area contributed by atoms with Gasteiger partial charge >= 0.3 is 0 Å². The van der Waals surface area contributed by atoms with Crippen molar-refractivity contribution >= 4 is 11.6 Å². The van der Waals surface area contributed by atoms with Gasteiger partial charge in [0.25, 0.3) is 0 Å². The van der Waals surface area contributed by atoms with Crippen LogP contribution in [0.4, 0.5) is 0 Å². The Morgan fingerprint density at radius 2 is 2.05 bits per heavy atom. The quantitative estimate of drug-likeness (QED) is 0.852.